The first-order valence-corrected chi connectivity index (χ1v) is 9.48. The highest BCUT2D eigenvalue weighted by Gasteiger charge is 2.14. The minimum absolute atomic E-state index is 0.110. The number of carbonyl (C=O) groups is 1. The Morgan fingerprint density at radius 1 is 1.36 bits per heavy atom. The van der Waals surface area contributed by atoms with E-state index >= 15 is 0 Å². The Hall–Kier alpha value is -2.79. The topological polar surface area (TPSA) is 115 Å². The van der Waals surface area contributed by atoms with E-state index in [1.807, 2.05) is 30.3 Å². The molecule has 0 saturated carbocycles. The molecule has 0 atom stereocenters. The van der Waals surface area contributed by atoms with Gasteiger partial charge in [-0.25, -0.2) is 5.43 Å². The summed E-state index contributed by atoms with van der Waals surface area (Å²) in [5.41, 5.74) is 3.50. The molecule has 0 aliphatic carbocycles. The van der Waals surface area contributed by atoms with Crippen molar-refractivity contribution >= 4 is 44.0 Å². The number of hydrazone groups is 1. The van der Waals surface area contributed by atoms with Gasteiger partial charge < -0.3 is 9.84 Å². The van der Waals surface area contributed by atoms with E-state index in [0.717, 1.165) is 5.56 Å². The number of benzene rings is 2. The number of hydrogen-bond donors (Lipinski definition) is 2. The average Bonchev–Trinajstić information content (AvgIpc) is 3.16. The van der Waals surface area contributed by atoms with Crippen LogP contribution in [0.4, 0.5) is 0 Å². The molecule has 0 unspecified atom stereocenters. The standard InChI is InChI=1S/C17H14Br2N6O3/c1-28-13-7-12(18)15(19)11(16(13)27)8-20-21-14(26)9-25-23-17(22-24-25)10-5-3-2-4-6-10/h2-8,27H,9H2,1H3,(H,21,26)/b20-8-. The number of methoxy groups -OCH3 is 1. The van der Waals surface area contributed by atoms with Crippen LogP contribution in [0.5, 0.6) is 11.5 Å². The molecule has 3 aromatic rings. The van der Waals surface area contributed by atoms with Crippen LogP contribution < -0.4 is 10.2 Å². The van der Waals surface area contributed by atoms with Gasteiger partial charge in [0.15, 0.2) is 11.5 Å². The maximum Gasteiger partial charge on any atom is 0.263 e. The lowest BCUT2D eigenvalue weighted by molar-refractivity contribution is -0.122. The molecule has 2 aromatic carbocycles. The maximum absolute atomic E-state index is 12.0. The van der Waals surface area contributed by atoms with Gasteiger partial charge in [0.25, 0.3) is 5.91 Å². The third-order valence-corrected chi connectivity index (χ3v) is 5.58. The lowest BCUT2D eigenvalue weighted by Gasteiger charge is -2.09. The fraction of sp³-hybridized carbons (Fsp3) is 0.118. The molecule has 11 heteroatoms. The number of phenolic OH excluding ortho intramolecular Hbond substituents is 1. The summed E-state index contributed by atoms with van der Waals surface area (Å²) >= 11 is 6.69. The van der Waals surface area contributed by atoms with E-state index in [9.17, 15) is 9.90 Å². The second-order valence-corrected chi connectivity index (χ2v) is 7.09. The van der Waals surface area contributed by atoms with Gasteiger partial charge in [0.2, 0.25) is 5.82 Å². The Morgan fingerprint density at radius 3 is 2.82 bits per heavy atom. The molecule has 1 amide bonds. The molecule has 1 aromatic heterocycles. The number of aromatic nitrogens is 4. The summed E-state index contributed by atoms with van der Waals surface area (Å²) in [6.07, 6.45) is 1.30. The van der Waals surface area contributed by atoms with Crippen molar-refractivity contribution < 1.29 is 14.6 Å². The first-order valence-electron chi connectivity index (χ1n) is 7.89. The third kappa shape index (κ3) is 4.54. The minimum atomic E-state index is -0.453. The van der Waals surface area contributed by atoms with Crippen LogP contribution in [-0.4, -0.2) is 44.5 Å². The van der Waals surface area contributed by atoms with E-state index in [4.69, 9.17) is 4.74 Å². The van der Waals surface area contributed by atoms with Gasteiger partial charge in [-0.2, -0.15) is 9.90 Å². The van der Waals surface area contributed by atoms with E-state index in [1.54, 1.807) is 6.07 Å². The molecule has 0 aliphatic heterocycles. The molecule has 28 heavy (non-hydrogen) atoms. The average molecular weight is 510 g/mol. The number of nitrogens with one attached hydrogen (secondary N) is 1. The van der Waals surface area contributed by atoms with Crippen molar-refractivity contribution in [3.05, 3.63) is 50.9 Å². The van der Waals surface area contributed by atoms with Crippen LogP contribution in [0.25, 0.3) is 11.4 Å². The van der Waals surface area contributed by atoms with Gasteiger partial charge >= 0.3 is 0 Å². The zero-order chi connectivity index (χ0) is 20.1. The highest BCUT2D eigenvalue weighted by atomic mass is 79.9. The summed E-state index contributed by atoms with van der Waals surface area (Å²) in [5, 5.41) is 26.0. The van der Waals surface area contributed by atoms with Crippen molar-refractivity contribution in [3.63, 3.8) is 0 Å². The molecule has 1 heterocycles. The Balaban J connectivity index is 1.65. The van der Waals surface area contributed by atoms with Crippen molar-refractivity contribution in [1.82, 2.24) is 25.6 Å². The summed E-state index contributed by atoms with van der Waals surface area (Å²) in [6.45, 7) is -0.161. The smallest absolute Gasteiger partial charge is 0.263 e. The number of ether oxygens (including phenoxy) is 1. The molecule has 0 fully saturated rings. The molecule has 3 rings (SSSR count). The van der Waals surface area contributed by atoms with Gasteiger partial charge in [0.05, 0.1) is 18.9 Å². The number of hydrogen-bond acceptors (Lipinski definition) is 7. The predicted molar refractivity (Wildman–Crippen MR) is 109 cm³/mol. The lowest BCUT2D eigenvalue weighted by atomic mass is 10.2. The zero-order valence-corrected chi connectivity index (χ0v) is 17.7. The summed E-state index contributed by atoms with van der Waals surface area (Å²) < 4.78 is 6.32. The summed E-state index contributed by atoms with van der Waals surface area (Å²) in [5.74, 6) is 0.127. The number of phenols is 1. The van der Waals surface area contributed by atoms with Crippen LogP contribution in [0, 0.1) is 0 Å². The number of nitrogens with zero attached hydrogens (tertiary/aromatic N) is 5. The van der Waals surface area contributed by atoms with Crippen LogP contribution >= 0.6 is 31.9 Å². The molecule has 0 saturated heterocycles. The fourth-order valence-corrected chi connectivity index (χ4v) is 3.06. The molecule has 0 aliphatic rings. The van der Waals surface area contributed by atoms with Crippen LogP contribution in [-0.2, 0) is 11.3 Å². The first-order chi connectivity index (χ1) is 13.5. The molecule has 144 valence electrons. The molecular formula is C17H14Br2N6O3. The Bertz CT molecular complexity index is 1020. The maximum atomic E-state index is 12.0. The van der Waals surface area contributed by atoms with Crippen LogP contribution in [0.2, 0.25) is 0 Å². The molecule has 2 N–H and O–H groups in total. The number of carbonyl (C=O) groups excluding carboxylic acids is 1. The van der Waals surface area contributed by atoms with Crippen molar-refractivity contribution in [1.29, 1.82) is 0 Å². The molecule has 0 radical (unpaired) electrons. The summed E-state index contributed by atoms with van der Waals surface area (Å²) in [4.78, 5) is 13.2. The van der Waals surface area contributed by atoms with E-state index in [2.05, 4.69) is 57.8 Å². The predicted octanol–water partition coefficient (Wildman–Crippen LogP) is 2.73. The van der Waals surface area contributed by atoms with Crippen LogP contribution in [0.1, 0.15) is 5.56 Å². The summed E-state index contributed by atoms with van der Waals surface area (Å²) in [6, 6.07) is 10.9. The highest BCUT2D eigenvalue weighted by molar-refractivity contribution is 9.13. The van der Waals surface area contributed by atoms with E-state index < -0.39 is 5.91 Å². The van der Waals surface area contributed by atoms with E-state index in [1.165, 1.54) is 18.1 Å². The Labute approximate surface area is 176 Å². The molecule has 0 spiro atoms. The fourth-order valence-electron chi connectivity index (χ4n) is 2.23. The Morgan fingerprint density at radius 2 is 2.11 bits per heavy atom. The van der Waals surface area contributed by atoms with Gasteiger partial charge in [-0.15, -0.1) is 10.2 Å². The quantitative estimate of drug-likeness (QED) is 0.390. The number of tetrazole rings is 1. The number of amides is 1. The van der Waals surface area contributed by atoms with Crippen LogP contribution in [0.3, 0.4) is 0 Å². The van der Waals surface area contributed by atoms with E-state index in [-0.39, 0.29) is 18.0 Å². The van der Waals surface area contributed by atoms with Crippen molar-refractivity contribution in [3.8, 4) is 22.9 Å². The lowest BCUT2D eigenvalue weighted by Crippen LogP contribution is -2.24. The SMILES string of the molecule is COc1cc(Br)c(Br)c(/C=N\NC(=O)Cn2nnc(-c3ccccc3)n2)c1O. The first kappa shape index (κ1) is 20.0. The monoisotopic (exact) mass is 508 g/mol. The van der Waals surface area contributed by atoms with Crippen molar-refractivity contribution in [2.24, 2.45) is 5.10 Å². The van der Waals surface area contributed by atoms with Gasteiger partial charge in [-0.05, 0) is 43.1 Å². The zero-order valence-electron chi connectivity index (χ0n) is 14.5. The number of aromatic hydroxyl groups is 1. The van der Waals surface area contributed by atoms with Gasteiger partial charge in [0, 0.05) is 14.5 Å². The third-order valence-electron chi connectivity index (χ3n) is 3.57. The van der Waals surface area contributed by atoms with Crippen LogP contribution in [0.15, 0.2) is 50.4 Å². The Kier molecular flexibility index (Phi) is 6.37. The molecule has 9 nitrogen and oxygen atoms in total. The normalized spacial score (nSPS) is 11.0. The van der Waals surface area contributed by atoms with Gasteiger partial charge in [-0.1, -0.05) is 30.3 Å². The van der Waals surface area contributed by atoms with Gasteiger partial charge in [0.1, 0.15) is 6.54 Å². The second kappa shape index (κ2) is 8.93. The van der Waals surface area contributed by atoms with Crippen molar-refractivity contribution in [2.45, 2.75) is 6.54 Å². The highest BCUT2D eigenvalue weighted by Crippen LogP contribution is 2.39. The molecular weight excluding hydrogens is 496 g/mol. The summed E-state index contributed by atoms with van der Waals surface area (Å²) in [7, 11) is 1.44. The van der Waals surface area contributed by atoms with Gasteiger partial charge in [-0.3, -0.25) is 4.79 Å². The van der Waals surface area contributed by atoms with E-state index in [0.29, 0.717) is 20.3 Å². The van der Waals surface area contributed by atoms with Crippen molar-refractivity contribution in [2.75, 3.05) is 7.11 Å². The number of rotatable bonds is 6. The molecule has 0 bridgehead atoms. The number of halogens is 2. The second-order valence-electron chi connectivity index (χ2n) is 5.44. The minimum Gasteiger partial charge on any atom is -0.504 e. The largest absolute Gasteiger partial charge is 0.504 e.